The van der Waals surface area contributed by atoms with Gasteiger partial charge in [0.15, 0.2) is 0 Å². The summed E-state index contributed by atoms with van der Waals surface area (Å²) >= 11 is 0. The van der Waals surface area contributed by atoms with E-state index in [2.05, 4.69) is 0 Å². The lowest BCUT2D eigenvalue weighted by atomic mass is 9.87. The van der Waals surface area contributed by atoms with Gasteiger partial charge in [-0.1, -0.05) is 73.7 Å². The molecule has 0 heterocycles. The molecule has 0 aliphatic heterocycles. The van der Waals surface area contributed by atoms with Crippen molar-refractivity contribution >= 4 is 11.6 Å². The van der Waals surface area contributed by atoms with Crippen LogP contribution >= 0.6 is 0 Å². The van der Waals surface area contributed by atoms with Gasteiger partial charge < -0.3 is 0 Å². The average molecular weight is 288 g/mol. The van der Waals surface area contributed by atoms with Crippen molar-refractivity contribution in [3.05, 3.63) is 92.2 Å². The highest BCUT2D eigenvalue weighted by Crippen LogP contribution is 2.28. The zero-order valence-electron chi connectivity index (χ0n) is 12.4. The Morgan fingerprint density at radius 1 is 0.864 bits per heavy atom. The summed E-state index contributed by atoms with van der Waals surface area (Å²) in [5.41, 5.74) is 3.13. The van der Waals surface area contributed by atoms with Crippen LogP contribution in [0.5, 0.6) is 0 Å². The summed E-state index contributed by atoms with van der Waals surface area (Å²) in [6.07, 6.45) is 2.70. The summed E-state index contributed by atoms with van der Waals surface area (Å²) in [6, 6.07) is 19.2. The third-order valence-electron chi connectivity index (χ3n) is 3.82. The molecule has 108 valence electrons. The van der Waals surface area contributed by atoms with Crippen LogP contribution in [0.25, 0.3) is 22.8 Å². The first kappa shape index (κ1) is 14.2. The number of allylic oxidation sites excluding steroid dienone is 1. The minimum absolute atomic E-state index is 0.372. The van der Waals surface area contributed by atoms with Crippen molar-refractivity contribution in [2.24, 2.45) is 0 Å². The largest absolute Gasteiger partial charge is 0.285 e. The van der Waals surface area contributed by atoms with Gasteiger partial charge in [0.25, 0.3) is 0 Å². The topological polar surface area (TPSA) is 34.1 Å². The molecule has 3 aromatic rings. The number of rotatable bonds is 4. The summed E-state index contributed by atoms with van der Waals surface area (Å²) in [5, 5.41) is 0. The Morgan fingerprint density at radius 2 is 1.45 bits per heavy atom. The molecule has 0 aliphatic rings. The fourth-order valence-electron chi connectivity index (χ4n) is 2.68. The van der Waals surface area contributed by atoms with Crippen LogP contribution in [0.1, 0.15) is 24.5 Å². The van der Waals surface area contributed by atoms with E-state index < -0.39 is 0 Å². The maximum atomic E-state index is 12.1. The SMILES string of the molecule is CC/C(=C\c1ccccc1)c1c(-c2ccccc2)c(=O)c1=O. The van der Waals surface area contributed by atoms with E-state index >= 15 is 0 Å². The molecule has 0 spiro atoms. The van der Waals surface area contributed by atoms with Crippen LogP contribution in [0.4, 0.5) is 0 Å². The lowest BCUT2D eigenvalue weighted by Gasteiger charge is -2.13. The maximum absolute atomic E-state index is 12.1. The van der Waals surface area contributed by atoms with E-state index in [9.17, 15) is 9.59 Å². The van der Waals surface area contributed by atoms with Gasteiger partial charge in [0.1, 0.15) is 0 Å². The van der Waals surface area contributed by atoms with Gasteiger partial charge in [0.05, 0.1) is 0 Å². The summed E-state index contributed by atoms with van der Waals surface area (Å²) in [6.45, 7) is 2.00. The van der Waals surface area contributed by atoms with Gasteiger partial charge >= 0.3 is 0 Å². The molecule has 0 aromatic heterocycles. The van der Waals surface area contributed by atoms with Gasteiger partial charge in [-0.15, -0.1) is 0 Å². The minimum atomic E-state index is -0.381. The second-order valence-electron chi connectivity index (χ2n) is 5.21. The van der Waals surface area contributed by atoms with Crippen molar-refractivity contribution in [1.29, 1.82) is 0 Å². The monoisotopic (exact) mass is 288 g/mol. The second kappa shape index (κ2) is 5.94. The van der Waals surface area contributed by atoms with Gasteiger partial charge in [-0.25, -0.2) is 0 Å². The lowest BCUT2D eigenvalue weighted by molar-refractivity contribution is 1.21. The third kappa shape index (κ3) is 2.44. The third-order valence-corrected chi connectivity index (χ3v) is 3.82. The molecule has 0 saturated heterocycles. The molecule has 0 fully saturated rings. The average Bonchev–Trinajstić information content (AvgIpc) is 2.58. The van der Waals surface area contributed by atoms with E-state index in [4.69, 9.17) is 0 Å². The standard InChI is InChI=1S/C20H16O2/c1-2-15(13-14-9-5-3-6-10-14)17-18(20(22)19(17)21)16-11-7-4-8-12-16/h3-13H,2H2,1H3/b15-13+. The van der Waals surface area contributed by atoms with Crippen LogP contribution < -0.4 is 10.9 Å². The number of benzene rings is 2. The van der Waals surface area contributed by atoms with Crippen molar-refractivity contribution in [2.45, 2.75) is 13.3 Å². The first-order chi connectivity index (χ1) is 10.7. The van der Waals surface area contributed by atoms with Crippen LogP contribution in [0.15, 0.2) is 70.3 Å². The molecule has 0 unspecified atom stereocenters. The predicted molar refractivity (Wildman–Crippen MR) is 91.4 cm³/mol. The molecule has 0 N–H and O–H groups in total. The molecule has 2 heteroatoms. The molecule has 22 heavy (non-hydrogen) atoms. The van der Waals surface area contributed by atoms with E-state index in [1.54, 1.807) is 0 Å². The van der Waals surface area contributed by atoms with Gasteiger partial charge in [-0.3, -0.25) is 9.59 Å². The van der Waals surface area contributed by atoms with E-state index in [-0.39, 0.29) is 10.9 Å². The Kier molecular flexibility index (Phi) is 3.84. The van der Waals surface area contributed by atoms with Crippen LogP contribution in [0, 0.1) is 0 Å². The first-order valence-corrected chi connectivity index (χ1v) is 7.37. The minimum Gasteiger partial charge on any atom is -0.285 e. The molecule has 2 nitrogen and oxygen atoms in total. The smallest absolute Gasteiger partial charge is 0.234 e. The van der Waals surface area contributed by atoms with Crippen LogP contribution in [-0.2, 0) is 0 Å². The molecule has 3 rings (SSSR count). The highest BCUT2D eigenvalue weighted by molar-refractivity contribution is 5.91. The Morgan fingerprint density at radius 3 is 2.05 bits per heavy atom. The van der Waals surface area contributed by atoms with Gasteiger partial charge in [0.2, 0.25) is 10.9 Å². The second-order valence-corrected chi connectivity index (χ2v) is 5.21. The molecule has 0 bridgehead atoms. The zero-order chi connectivity index (χ0) is 15.5. The summed E-state index contributed by atoms with van der Waals surface area (Å²) in [5.74, 6) is 0. The van der Waals surface area contributed by atoms with E-state index in [1.165, 1.54) is 0 Å². The normalized spacial score (nSPS) is 11.8. The molecular weight excluding hydrogens is 272 g/mol. The predicted octanol–water partition coefficient (Wildman–Crippen LogP) is 3.90. The Balaban J connectivity index is 2.13. The van der Waals surface area contributed by atoms with Gasteiger partial charge in [-0.2, -0.15) is 0 Å². The maximum Gasteiger partial charge on any atom is 0.234 e. The highest BCUT2D eigenvalue weighted by Gasteiger charge is 2.23. The van der Waals surface area contributed by atoms with Crippen molar-refractivity contribution in [3.63, 3.8) is 0 Å². The molecule has 3 aromatic carbocycles. The Bertz CT molecular complexity index is 881. The first-order valence-electron chi connectivity index (χ1n) is 7.37. The van der Waals surface area contributed by atoms with Gasteiger partial charge in [0, 0.05) is 11.1 Å². The number of hydrogen-bond donors (Lipinski definition) is 0. The van der Waals surface area contributed by atoms with Crippen molar-refractivity contribution < 1.29 is 0 Å². The van der Waals surface area contributed by atoms with Crippen LogP contribution in [0.2, 0.25) is 0 Å². The zero-order valence-corrected chi connectivity index (χ0v) is 12.4. The molecule has 0 amide bonds. The van der Waals surface area contributed by atoms with Crippen molar-refractivity contribution in [2.75, 3.05) is 0 Å². The van der Waals surface area contributed by atoms with Crippen LogP contribution in [0.3, 0.4) is 0 Å². The number of hydrogen-bond acceptors (Lipinski definition) is 2. The molecule has 0 aliphatic carbocycles. The molecular formula is C20H16O2. The summed E-state index contributed by atoms with van der Waals surface area (Å²) in [7, 11) is 0. The molecule has 0 saturated carbocycles. The van der Waals surface area contributed by atoms with Crippen molar-refractivity contribution in [1.82, 2.24) is 0 Å². The van der Waals surface area contributed by atoms with E-state index in [1.807, 2.05) is 73.7 Å². The fraction of sp³-hybridized carbons (Fsp3) is 0.100. The Labute approximate surface area is 129 Å². The van der Waals surface area contributed by atoms with Crippen molar-refractivity contribution in [3.8, 4) is 11.1 Å². The summed E-state index contributed by atoms with van der Waals surface area (Å²) < 4.78 is 0. The molecule has 0 atom stereocenters. The van der Waals surface area contributed by atoms with E-state index in [0.717, 1.165) is 16.7 Å². The van der Waals surface area contributed by atoms with Crippen LogP contribution in [-0.4, -0.2) is 0 Å². The van der Waals surface area contributed by atoms with E-state index in [0.29, 0.717) is 17.5 Å². The molecule has 0 radical (unpaired) electrons. The Hall–Kier alpha value is -2.74. The lowest BCUT2D eigenvalue weighted by Crippen LogP contribution is -2.37. The fourth-order valence-corrected chi connectivity index (χ4v) is 2.68. The highest BCUT2D eigenvalue weighted by atomic mass is 16.2. The summed E-state index contributed by atoms with van der Waals surface area (Å²) in [4.78, 5) is 24.1. The van der Waals surface area contributed by atoms with Gasteiger partial charge in [-0.05, 0) is 23.1 Å². The quantitative estimate of drug-likeness (QED) is 0.682.